The number of aromatic nitrogens is 4. The predicted octanol–water partition coefficient (Wildman–Crippen LogP) is 20.9. The number of rotatable bonds is 13. The van der Waals surface area contributed by atoms with Crippen molar-refractivity contribution < 1.29 is 0 Å². The van der Waals surface area contributed by atoms with Crippen LogP contribution in [0.4, 0.5) is 0 Å². The minimum atomic E-state index is 0.550. The first-order chi connectivity index (χ1) is 40.5. The van der Waals surface area contributed by atoms with Crippen LogP contribution >= 0.6 is 0 Å². The fourth-order valence-corrected chi connectivity index (χ4v) is 9.91. The van der Waals surface area contributed by atoms with Gasteiger partial charge in [-0.05, 0) is 256 Å². The lowest BCUT2D eigenvalue weighted by molar-refractivity contribution is 0.310. The molecule has 87 heavy (non-hydrogen) atoms. The van der Waals surface area contributed by atoms with Gasteiger partial charge >= 0.3 is 0 Å². The summed E-state index contributed by atoms with van der Waals surface area (Å²) < 4.78 is 4.13. The Hall–Kier alpha value is -6.08. The first kappa shape index (κ1) is 77.0. The molecule has 6 heteroatoms. The molecule has 2 atom stereocenters. The Morgan fingerprint density at radius 3 is 1.43 bits per heavy atom. The SMILES string of the molecule is Cc1c(C[C@@H](C)N(C)C)ncn1C.Cc1cc(C(C)C)ccc1CC(C)C.Cc1cc(CC(C)C)ccc1C(C)C.Cc1ccc(C)c(C)c1.Cc1ccc2cc(C(C)C)ccc2c1C.Cc1cccc(C)c1C.Cc1nc(C[C@@H](C)N(C)C)cn1C. The van der Waals surface area contributed by atoms with Crippen LogP contribution in [0.25, 0.3) is 10.8 Å². The van der Waals surface area contributed by atoms with Crippen molar-refractivity contribution in [2.45, 2.75) is 222 Å². The van der Waals surface area contributed by atoms with Crippen molar-refractivity contribution in [3.05, 3.63) is 222 Å². The van der Waals surface area contributed by atoms with Gasteiger partial charge in [-0.3, -0.25) is 0 Å². The predicted molar refractivity (Wildman–Crippen MR) is 386 cm³/mol. The molecule has 0 saturated heterocycles. The Morgan fingerprint density at radius 1 is 0.437 bits per heavy atom. The van der Waals surface area contributed by atoms with Gasteiger partial charge < -0.3 is 18.9 Å². The van der Waals surface area contributed by atoms with E-state index in [9.17, 15) is 0 Å². The summed E-state index contributed by atoms with van der Waals surface area (Å²) in [5.41, 5.74) is 25.0. The lowest BCUT2D eigenvalue weighted by Gasteiger charge is -2.18. The van der Waals surface area contributed by atoms with Gasteiger partial charge in [0, 0.05) is 50.9 Å². The smallest absolute Gasteiger partial charge is 0.105 e. The number of benzene rings is 6. The second kappa shape index (κ2) is 37.7. The van der Waals surface area contributed by atoms with E-state index < -0.39 is 0 Å². The summed E-state index contributed by atoms with van der Waals surface area (Å²) in [4.78, 5) is 13.3. The highest BCUT2D eigenvalue weighted by atomic mass is 15.1. The molecule has 0 unspecified atom stereocenters. The molecule has 0 N–H and O–H groups in total. The summed E-state index contributed by atoms with van der Waals surface area (Å²) in [5.74, 6) is 4.47. The third-order valence-electron chi connectivity index (χ3n) is 17.3. The maximum atomic E-state index is 4.47. The number of likely N-dealkylation sites (N-methyl/N-ethyl adjacent to an activating group) is 2. The number of nitrogens with zero attached hydrogens (tertiary/aromatic N) is 6. The Balaban J connectivity index is 0.000000348. The van der Waals surface area contributed by atoms with Gasteiger partial charge in [0.25, 0.3) is 0 Å². The summed E-state index contributed by atoms with van der Waals surface area (Å²) in [6.07, 6.45) is 8.43. The highest BCUT2D eigenvalue weighted by Crippen LogP contribution is 2.26. The van der Waals surface area contributed by atoms with Crippen molar-refractivity contribution in [1.82, 2.24) is 28.9 Å². The minimum Gasteiger partial charge on any atom is -0.338 e. The molecule has 0 radical (unpaired) electrons. The quantitative estimate of drug-likeness (QED) is 0.115. The van der Waals surface area contributed by atoms with E-state index in [-0.39, 0.29) is 0 Å². The maximum absolute atomic E-state index is 4.47. The number of aryl methyl sites for hydroxylation is 12. The van der Waals surface area contributed by atoms with E-state index in [0.29, 0.717) is 29.8 Å². The standard InChI is InChI=1S/C15H18.2C14H22.2C10H19N3.2C9H12/c1-10(2)13-7-8-15-12(4)11(3)5-6-14(15)9-13;1-10(2)8-14-7-6-13(11(3)4)9-12(14)5;1-10(2)8-13-6-7-14(11(3)4)12(5)9-13;1-8(12(3)4)6-10-9(2)13(5)7-11-10;1-8(12(3)4)6-10-7-13(5)9(2)11-10;1-7-4-5-8(2)9(3)6-7;1-7-5-4-6-8(2)9(7)3/h5-10H,1-4H3;2*6-7,9-11H,8H2,1-5H3;2*7-8H,6H2,1-5H3;2*4-6H,1-3H3/t;;;2*8-;;/m...11../s1. The molecule has 0 aliphatic heterocycles. The number of hydrogen-bond acceptors (Lipinski definition) is 4. The van der Waals surface area contributed by atoms with Crippen LogP contribution in [0.15, 0.2) is 116 Å². The van der Waals surface area contributed by atoms with Crippen LogP contribution in [0.1, 0.15) is 207 Å². The molecule has 6 nitrogen and oxygen atoms in total. The highest BCUT2D eigenvalue weighted by Gasteiger charge is 2.12. The van der Waals surface area contributed by atoms with Crippen LogP contribution in [-0.2, 0) is 39.8 Å². The van der Waals surface area contributed by atoms with Crippen molar-refractivity contribution in [2.75, 3.05) is 28.2 Å². The molecule has 2 heterocycles. The van der Waals surface area contributed by atoms with Crippen molar-refractivity contribution >= 4 is 10.8 Å². The maximum Gasteiger partial charge on any atom is 0.105 e. The zero-order chi connectivity index (χ0) is 66.2. The van der Waals surface area contributed by atoms with Gasteiger partial charge in [0.15, 0.2) is 0 Å². The summed E-state index contributed by atoms with van der Waals surface area (Å²) in [7, 11) is 12.5. The summed E-state index contributed by atoms with van der Waals surface area (Å²) in [6, 6.07) is 39.1. The molecular formula is C81H124N6. The Bertz CT molecular complexity index is 3240. The highest BCUT2D eigenvalue weighted by molar-refractivity contribution is 5.87. The molecule has 2 aromatic heterocycles. The molecular weight excluding hydrogens is 1060 g/mol. The Labute approximate surface area is 534 Å². The fraction of sp³-hybridized carbons (Fsp3) is 0.506. The lowest BCUT2D eigenvalue weighted by atomic mass is 9.93. The largest absolute Gasteiger partial charge is 0.338 e. The number of fused-ring (bicyclic) bond motifs is 1. The molecule has 0 saturated carbocycles. The van der Waals surface area contributed by atoms with Crippen LogP contribution in [0, 0.1) is 94.9 Å². The zero-order valence-corrected chi connectivity index (χ0v) is 61.0. The van der Waals surface area contributed by atoms with Crippen LogP contribution in [0.2, 0.25) is 0 Å². The average Bonchev–Trinajstić information content (AvgIpc) is 4.10. The van der Waals surface area contributed by atoms with Gasteiger partial charge in [-0.25, -0.2) is 9.97 Å². The van der Waals surface area contributed by atoms with E-state index in [1.165, 1.54) is 124 Å². The molecule has 0 aliphatic rings. The first-order valence-corrected chi connectivity index (χ1v) is 32.6. The van der Waals surface area contributed by atoms with Gasteiger partial charge in [-0.2, -0.15) is 0 Å². The minimum absolute atomic E-state index is 0.550. The molecule has 0 aliphatic carbocycles. The molecule has 0 fully saturated rings. The van der Waals surface area contributed by atoms with Gasteiger partial charge in [-0.15, -0.1) is 0 Å². The van der Waals surface area contributed by atoms with E-state index in [1.807, 2.05) is 27.3 Å². The van der Waals surface area contributed by atoms with E-state index in [4.69, 9.17) is 0 Å². The lowest BCUT2D eigenvalue weighted by Crippen LogP contribution is -2.27. The molecule has 8 aromatic rings. The number of hydrogen-bond donors (Lipinski definition) is 0. The first-order valence-electron chi connectivity index (χ1n) is 32.6. The summed E-state index contributed by atoms with van der Waals surface area (Å²) >= 11 is 0. The van der Waals surface area contributed by atoms with Crippen LogP contribution in [-0.4, -0.2) is 69.2 Å². The van der Waals surface area contributed by atoms with E-state index in [2.05, 4.69) is 326 Å². The van der Waals surface area contributed by atoms with Gasteiger partial charge in [0.2, 0.25) is 0 Å². The van der Waals surface area contributed by atoms with Gasteiger partial charge in [-0.1, -0.05) is 178 Å². The normalized spacial score (nSPS) is 11.7. The molecule has 478 valence electrons. The molecule has 0 amide bonds. The van der Waals surface area contributed by atoms with Gasteiger partial charge in [0.1, 0.15) is 5.82 Å². The monoisotopic (exact) mass is 1180 g/mol. The zero-order valence-electron chi connectivity index (χ0n) is 61.0. The average molecular weight is 1180 g/mol. The fourth-order valence-electron chi connectivity index (χ4n) is 9.91. The Kier molecular flexibility index (Phi) is 33.4. The van der Waals surface area contributed by atoms with E-state index in [0.717, 1.165) is 30.5 Å². The van der Waals surface area contributed by atoms with Crippen LogP contribution < -0.4 is 0 Å². The van der Waals surface area contributed by atoms with Crippen LogP contribution in [0.3, 0.4) is 0 Å². The second-order valence-electron chi connectivity index (χ2n) is 27.4. The second-order valence-corrected chi connectivity index (χ2v) is 27.4. The van der Waals surface area contributed by atoms with Crippen molar-refractivity contribution in [1.29, 1.82) is 0 Å². The van der Waals surface area contributed by atoms with Gasteiger partial charge in [0.05, 0.1) is 17.7 Å². The van der Waals surface area contributed by atoms with Crippen molar-refractivity contribution in [3.63, 3.8) is 0 Å². The molecule has 6 aromatic carbocycles. The Morgan fingerprint density at radius 2 is 0.977 bits per heavy atom. The van der Waals surface area contributed by atoms with E-state index >= 15 is 0 Å². The molecule has 8 rings (SSSR count). The van der Waals surface area contributed by atoms with Crippen LogP contribution in [0.5, 0.6) is 0 Å². The van der Waals surface area contributed by atoms with Crippen molar-refractivity contribution in [2.24, 2.45) is 25.9 Å². The number of imidazole rings is 2. The third-order valence-corrected chi connectivity index (χ3v) is 17.3. The summed E-state index contributed by atoms with van der Waals surface area (Å²) in [5, 5.41) is 2.75. The third kappa shape index (κ3) is 27.1. The van der Waals surface area contributed by atoms with E-state index in [1.54, 1.807) is 0 Å². The molecule has 0 bridgehead atoms. The van der Waals surface area contributed by atoms with Crippen molar-refractivity contribution in [3.8, 4) is 0 Å². The molecule has 0 spiro atoms. The topological polar surface area (TPSA) is 42.1 Å². The summed E-state index contributed by atoms with van der Waals surface area (Å²) in [6.45, 7) is 52.8.